The van der Waals surface area contributed by atoms with E-state index < -0.39 is 0 Å². The van der Waals surface area contributed by atoms with Gasteiger partial charge in [0.15, 0.2) is 0 Å². The van der Waals surface area contributed by atoms with E-state index in [1.807, 2.05) is 47.1 Å². The van der Waals surface area contributed by atoms with Crippen LogP contribution in [0.3, 0.4) is 0 Å². The van der Waals surface area contributed by atoms with Crippen LogP contribution in [0.4, 0.5) is 0 Å². The van der Waals surface area contributed by atoms with Crippen molar-refractivity contribution in [3.63, 3.8) is 0 Å². The highest BCUT2D eigenvalue weighted by atomic mass is 16.5. The summed E-state index contributed by atoms with van der Waals surface area (Å²) in [5.41, 5.74) is 8.46. The van der Waals surface area contributed by atoms with E-state index in [0.717, 1.165) is 29.1 Å². The highest BCUT2D eigenvalue weighted by Crippen LogP contribution is 2.21. The van der Waals surface area contributed by atoms with Crippen molar-refractivity contribution < 1.29 is 4.74 Å². The summed E-state index contributed by atoms with van der Waals surface area (Å²) >= 11 is 0. The molecule has 6 nitrogen and oxygen atoms in total. The van der Waals surface area contributed by atoms with E-state index in [9.17, 15) is 0 Å². The first-order valence-corrected chi connectivity index (χ1v) is 7.59. The van der Waals surface area contributed by atoms with E-state index in [1.54, 1.807) is 12.4 Å². The molecule has 0 unspecified atom stereocenters. The average molecular weight is 309 g/mol. The van der Waals surface area contributed by atoms with Crippen molar-refractivity contribution in [1.82, 2.24) is 20.0 Å². The molecule has 3 aromatic rings. The third-order valence-electron chi connectivity index (χ3n) is 3.46. The van der Waals surface area contributed by atoms with E-state index in [-0.39, 0.29) is 0 Å². The summed E-state index contributed by atoms with van der Waals surface area (Å²) in [4.78, 5) is 4.16. The van der Waals surface area contributed by atoms with Gasteiger partial charge in [0.25, 0.3) is 0 Å². The van der Waals surface area contributed by atoms with Crippen LogP contribution in [0.2, 0.25) is 0 Å². The largest absolute Gasteiger partial charge is 0.494 e. The summed E-state index contributed by atoms with van der Waals surface area (Å²) in [6.45, 7) is 1.68. The topological polar surface area (TPSA) is 78.8 Å². The fourth-order valence-electron chi connectivity index (χ4n) is 2.38. The van der Waals surface area contributed by atoms with Gasteiger partial charge < -0.3 is 10.5 Å². The van der Waals surface area contributed by atoms with Gasteiger partial charge in [-0.2, -0.15) is 0 Å². The summed E-state index contributed by atoms with van der Waals surface area (Å²) in [7, 11) is 0. The van der Waals surface area contributed by atoms with Crippen molar-refractivity contribution in [2.75, 3.05) is 6.61 Å². The van der Waals surface area contributed by atoms with Crippen LogP contribution in [-0.2, 0) is 13.1 Å². The van der Waals surface area contributed by atoms with Crippen molar-refractivity contribution in [2.24, 2.45) is 5.73 Å². The molecule has 0 bridgehead atoms. The predicted octanol–water partition coefficient (Wildman–Crippen LogP) is 2.27. The van der Waals surface area contributed by atoms with Gasteiger partial charge in [0.1, 0.15) is 11.4 Å². The van der Waals surface area contributed by atoms with Crippen LogP contribution in [0.1, 0.15) is 12.1 Å². The minimum atomic E-state index is 0.352. The van der Waals surface area contributed by atoms with Crippen molar-refractivity contribution in [3.05, 3.63) is 60.6 Å². The zero-order chi connectivity index (χ0) is 15.9. The molecule has 0 atom stereocenters. The second kappa shape index (κ2) is 7.51. The van der Waals surface area contributed by atoms with Gasteiger partial charge >= 0.3 is 0 Å². The summed E-state index contributed by atoms with van der Waals surface area (Å²) in [5, 5.41) is 8.38. The second-order valence-electron chi connectivity index (χ2n) is 5.07. The number of rotatable bonds is 7. The van der Waals surface area contributed by atoms with Gasteiger partial charge in [-0.3, -0.25) is 4.98 Å². The zero-order valence-electron chi connectivity index (χ0n) is 12.8. The number of hydrogen-bond donors (Lipinski definition) is 1. The smallest absolute Gasteiger partial charge is 0.119 e. The number of pyridine rings is 1. The lowest BCUT2D eigenvalue weighted by molar-refractivity contribution is 0.298. The van der Waals surface area contributed by atoms with Crippen LogP contribution < -0.4 is 10.5 Å². The van der Waals surface area contributed by atoms with Crippen LogP contribution >= 0.6 is 0 Å². The van der Waals surface area contributed by atoms with E-state index >= 15 is 0 Å². The SMILES string of the molecule is NCc1nnn(CCCOc2ccccc2)c1-c1cccnc1. The van der Waals surface area contributed by atoms with Crippen molar-refractivity contribution in [2.45, 2.75) is 19.5 Å². The van der Waals surface area contributed by atoms with E-state index in [1.165, 1.54) is 0 Å². The maximum atomic E-state index is 5.77. The Balaban J connectivity index is 1.65. The molecule has 6 heteroatoms. The van der Waals surface area contributed by atoms with E-state index in [0.29, 0.717) is 19.7 Å². The Kier molecular flexibility index (Phi) is 4.95. The predicted molar refractivity (Wildman–Crippen MR) is 87.7 cm³/mol. The molecule has 3 rings (SSSR count). The first-order valence-electron chi connectivity index (χ1n) is 7.59. The van der Waals surface area contributed by atoms with Gasteiger partial charge in [0.2, 0.25) is 0 Å². The number of aryl methyl sites for hydroxylation is 1. The first-order chi connectivity index (χ1) is 11.4. The van der Waals surface area contributed by atoms with E-state index in [4.69, 9.17) is 10.5 Å². The molecule has 2 aromatic heterocycles. The standard InChI is InChI=1S/C17H19N5O/c18-12-16-17(14-6-4-9-19-13-14)22(21-20-16)10-5-11-23-15-7-2-1-3-8-15/h1-4,6-9,13H,5,10-12,18H2. The molecule has 0 aliphatic heterocycles. The first kappa shape index (κ1) is 15.2. The Hall–Kier alpha value is -2.73. The van der Waals surface area contributed by atoms with Gasteiger partial charge in [-0.1, -0.05) is 23.4 Å². The summed E-state index contributed by atoms with van der Waals surface area (Å²) in [5.74, 6) is 0.876. The Bertz CT molecular complexity index is 727. The molecule has 0 radical (unpaired) electrons. The van der Waals surface area contributed by atoms with Crippen molar-refractivity contribution in [3.8, 4) is 17.0 Å². The lowest BCUT2D eigenvalue weighted by Gasteiger charge is -2.09. The fourth-order valence-corrected chi connectivity index (χ4v) is 2.38. The third-order valence-corrected chi connectivity index (χ3v) is 3.46. The van der Waals surface area contributed by atoms with Crippen LogP contribution in [0.5, 0.6) is 5.75 Å². The second-order valence-corrected chi connectivity index (χ2v) is 5.07. The molecule has 1 aromatic carbocycles. The number of nitrogens with two attached hydrogens (primary N) is 1. The highest BCUT2D eigenvalue weighted by Gasteiger charge is 2.13. The lowest BCUT2D eigenvalue weighted by Crippen LogP contribution is -2.08. The molecule has 0 spiro atoms. The zero-order valence-corrected chi connectivity index (χ0v) is 12.8. The van der Waals surface area contributed by atoms with Crippen LogP contribution in [-0.4, -0.2) is 26.6 Å². The average Bonchev–Trinajstić information content (AvgIpc) is 3.03. The molecule has 0 amide bonds. The maximum absolute atomic E-state index is 5.77. The fraction of sp³-hybridized carbons (Fsp3) is 0.235. The van der Waals surface area contributed by atoms with Gasteiger partial charge in [-0.15, -0.1) is 5.10 Å². The van der Waals surface area contributed by atoms with Crippen LogP contribution in [0.25, 0.3) is 11.3 Å². The van der Waals surface area contributed by atoms with Gasteiger partial charge in [0, 0.05) is 37.5 Å². The third kappa shape index (κ3) is 3.73. The molecule has 0 fully saturated rings. The lowest BCUT2D eigenvalue weighted by atomic mass is 10.1. The van der Waals surface area contributed by atoms with E-state index in [2.05, 4.69) is 15.3 Å². The van der Waals surface area contributed by atoms with Gasteiger partial charge in [-0.05, 0) is 24.3 Å². The minimum Gasteiger partial charge on any atom is -0.494 e. The Morgan fingerprint density at radius 3 is 2.70 bits per heavy atom. The molecule has 0 aliphatic rings. The number of nitrogens with zero attached hydrogens (tertiary/aromatic N) is 4. The molecule has 2 heterocycles. The van der Waals surface area contributed by atoms with Gasteiger partial charge in [-0.25, -0.2) is 4.68 Å². The molecule has 2 N–H and O–H groups in total. The number of benzene rings is 1. The number of ether oxygens (including phenoxy) is 1. The summed E-state index contributed by atoms with van der Waals surface area (Å²) in [6.07, 6.45) is 4.37. The Morgan fingerprint density at radius 1 is 1.09 bits per heavy atom. The quantitative estimate of drug-likeness (QED) is 0.677. The molecule has 0 saturated heterocycles. The maximum Gasteiger partial charge on any atom is 0.119 e. The normalized spacial score (nSPS) is 10.7. The summed E-state index contributed by atoms with van der Waals surface area (Å²) < 4.78 is 7.58. The molecule has 118 valence electrons. The Labute approximate surface area is 134 Å². The molecule has 0 saturated carbocycles. The highest BCUT2D eigenvalue weighted by molar-refractivity contribution is 5.60. The van der Waals surface area contributed by atoms with Gasteiger partial charge in [0.05, 0.1) is 12.3 Å². The molecular weight excluding hydrogens is 290 g/mol. The van der Waals surface area contributed by atoms with Crippen molar-refractivity contribution >= 4 is 0 Å². The number of para-hydroxylation sites is 1. The number of hydrogen-bond acceptors (Lipinski definition) is 5. The minimum absolute atomic E-state index is 0.352. The number of aromatic nitrogens is 4. The van der Waals surface area contributed by atoms with Crippen LogP contribution in [0.15, 0.2) is 54.9 Å². The summed E-state index contributed by atoms with van der Waals surface area (Å²) in [6, 6.07) is 13.7. The molecule has 23 heavy (non-hydrogen) atoms. The molecular formula is C17H19N5O. The molecule has 0 aliphatic carbocycles. The monoisotopic (exact) mass is 309 g/mol. The van der Waals surface area contributed by atoms with Crippen LogP contribution in [0, 0.1) is 0 Å². The van der Waals surface area contributed by atoms with Crippen molar-refractivity contribution in [1.29, 1.82) is 0 Å². The Morgan fingerprint density at radius 2 is 1.96 bits per heavy atom.